The third-order valence-corrected chi connectivity index (χ3v) is 3.08. The quantitative estimate of drug-likeness (QED) is 0.779. The van der Waals surface area contributed by atoms with Crippen molar-refractivity contribution in [3.8, 4) is 0 Å². The van der Waals surface area contributed by atoms with Gasteiger partial charge in [-0.3, -0.25) is 9.69 Å². The van der Waals surface area contributed by atoms with E-state index in [-0.39, 0.29) is 30.6 Å². The molecule has 0 radical (unpaired) electrons. The Hall–Kier alpha value is -1.37. The highest BCUT2D eigenvalue weighted by molar-refractivity contribution is 6.18. The molecular weight excluding hydrogens is 271 g/mol. The Labute approximate surface area is 106 Å². The Balaban J connectivity index is 2.27. The van der Waals surface area contributed by atoms with Crippen molar-refractivity contribution in [2.24, 2.45) is 5.92 Å². The highest BCUT2D eigenvalue weighted by Gasteiger charge is 2.35. The van der Waals surface area contributed by atoms with Crippen LogP contribution in [0.5, 0.6) is 0 Å². The smallest absolute Gasteiger partial charge is 0.296 e. The summed E-state index contributed by atoms with van der Waals surface area (Å²) in [6.07, 6.45) is -3.51. The summed E-state index contributed by atoms with van der Waals surface area (Å²) in [6, 6.07) is 0.772. The lowest BCUT2D eigenvalue weighted by Gasteiger charge is -2.16. The van der Waals surface area contributed by atoms with Crippen LogP contribution in [0.15, 0.2) is 12.4 Å². The molecule has 1 fully saturated rings. The molecule has 1 saturated heterocycles. The maximum atomic E-state index is 12.5. The summed E-state index contributed by atoms with van der Waals surface area (Å²) in [7, 11) is 0. The standard InChI is InChI=1S/C10H9ClF3N3O/c11-3-6-1-9(18)17(4-6)8-2-7(10(12,13)14)15-5-16-8/h2,5-6H,1,3-4H2. The molecule has 1 aliphatic rings. The van der Waals surface area contributed by atoms with Crippen LogP contribution in [0.4, 0.5) is 19.0 Å². The van der Waals surface area contributed by atoms with E-state index < -0.39 is 11.9 Å². The van der Waals surface area contributed by atoms with Crippen LogP contribution in [0.3, 0.4) is 0 Å². The van der Waals surface area contributed by atoms with Gasteiger partial charge in [0.05, 0.1) is 0 Å². The van der Waals surface area contributed by atoms with Gasteiger partial charge in [0.2, 0.25) is 5.91 Å². The van der Waals surface area contributed by atoms with Gasteiger partial charge in [-0.2, -0.15) is 13.2 Å². The molecule has 1 aromatic heterocycles. The lowest BCUT2D eigenvalue weighted by molar-refractivity contribution is -0.141. The van der Waals surface area contributed by atoms with E-state index >= 15 is 0 Å². The first-order valence-electron chi connectivity index (χ1n) is 5.17. The first-order chi connectivity index (χ1) is 8.41. The van der Waals surface area contributed by atoms with E-state index in [0.29, 0.717) is 5.88 Å². The summed E-state index contributed by atoms with van der Waals surface area (Å²) >= 11 is 5.64. The lowest BCUT2D eigenvalue weighted by atomic mass is 10.1. The summed E-state index contributed by atoms with van der Waals surface area (Å²) in [4.78, 5) is 19.7. The molecule has 2 rings (SSSR count). The molecule has 1 unspecified atom stereocenters. The van der Waals surface area contributed by atoms with Crippen molar-refractivity contribution in [1.29, 1.82) is 0 Å². The molecule has 8 heteroatoms. The minimum atomic E-state index is -4.55. The van der Waals surface area contributed by atoms with Crippen molar-refractivity contribution in [3.05, 3.63) is 18.1 Å². The molecule has 1 aliphatic heterocycles. The van der Waals surface area contributed by atoms with E-state index in [9.17, 15) is 18.0 Å². The summed E-state index contributed by atoms with van der Waals surface area (Å²) in [6.45, 7) is 0.288. The number of hydrogen-bond acceptors (Lipinski definition) is 3. The zero-order valence-electron chi connectivity index (χ0n) is 9.12. The van der Waals surface area contributed by atoms with Gasteiger partial charge in [0.1, 0.15) is 17.8 Å². The van der Waals surface area contributed by atoms with Gasteiger partial charge in [0.15, 0.2) is 0 Å². The van der Waals surface area contributed by atoms with Crippen molar-refractivity contribution < 1.29 is 18.0 Å². The zero-order valence-corrected chi connectivity index (χ0v) is 9.87. The molecule has 98 valence electrons. The van der Waals surface area contributed by atoms with E-state index in [0.717, 1.165) is 12.4 Å². The molecule has 0 N–H and O–H groups in total. The number of carbonyl (C=O) groups excluding carboxylic acids is 1. The van der Waals surface area contributed by atoms with Crippen LogP contribution in [-0.2, 0) is 11.0 Å². The molecule has 1 aromatic rings. The highest BCUT2D eigenvalue weighted by Crippen LogP contribution is 2.30. The number of nitrogens with zero attached hydrogens (tertiary/aromatic N) is 3. The van der Waals surface area contributed by atoms with Crippen molar-refractivity contribution >= 4 is 23.3 Å². The Morgan fingerprint density at radius 1 is 1.44 bits per heavy atom. The minimum absolute atomic E-state index is 0.0325. The lowest BCUT2D eigenvalue weighted by Crippen LogP contribution is -2.26. The largest absolute Gasteiger partial charge is 0.433 e. The summed E-state index contributed by atoms with van der Waals surface area (Å²) in [5.41, 5.74) is -1.06. The first kappa shape index (κ1) is 13.1. The molecule has 0 aromatic carbocycles. The minimum Gasteiger partial charge on any atom is -0.296 e. The molecule has 4 nitrogen and oxygen atoms in total. The number of hydrogen-bond donors (Lipinski definition) is 0. The number of halogens is 4. The second-order valence-corrected chi connectivity index (χ2v) is 4.30. The van der Waals surface area contributed by atoms with Gasteiger partial charge in [-0.15, -0.1) is 11.6 Å². The first-order valence-corrected chi connectivity index (χ1v) is 5.71. The number of anilines is 1. The fourth-order valence-electron chi connectivity index (χ4n) is 1.76. The number of carbonyl (C=O) groups is 1. The van der Waals surface area contributed by atoms with Gasteiger partial charge in [-0.1, -0.05) is 0 Å². The van der Waals surface area contributed by atoms with E-state index in [4.69, 9.17) is 11.6 Å². The fourth-order valence-corrected chi connectivity index (χ4v) is 1.96. The summed E-state index contributed by atoms with van der Waals surface area (Å²) in [5.74, 6) is -0.0645. The highest BCUT2D eigenvalue weighted by atomic mass is 35.5. The van der Waals surface area contributed by atoms with Gasteiger partial charge < -0.3 is 0 Å². The predicted molar refractivity (Wildman–Crippen MR) is 58.2 cm³/mol. The summed E-state index contributed by atoms with van der Waals surface area (Å²) < 4.78 is 37.4. The van der Waals surface area contributed by atoms with Crippen LogP contribution in [0.2, 0.25) is 0 Å². The molecule has 0 aliphatic carbocycles. The maximum Gasteiger partial charge on any atom is 0.433 e. The van der Waals surface area contributed by atoms with Crippen LogP contribution >= 0.6 is 11.6 Å². The topological polar surface area (TPSA) is 46.1 Å². The van der Waals surface area contributed by atoms with E-state index in [1.807, 2.05) is 0 Å². The Bertz CT molecular complexity index is 466. The second-order valence-electron chi connectivity index (χ2n) is 3.99. The van der Waals surface area contributed by atoms with E-state index in [1.54, 1.807) is 0 Å². The maximum absolute atomic E-state index is 12.5. The molecule has 0 saturated carbocycles. The Morgan fingerprint density at radius 3 is 2.72 bits per heavy atom. The van der Waals surface area contributed by atoms with Gasteiger partial charge in [-0.25, -0.2) is 9.97 Å². The third-order valence-electron chi connectivity index (χ3n) is 2.64. The normalized spacial score (nSPS) is 20.6. The summed E-state index contributed by atoms with van der Waals surface area (Å²) in [5, 5.41) is 0. The van der Waals surface area contributed by atoms with Crippen molar-refractivity contribution in [2.75, 3.05) is 17.3 Å². The third kappa shape index (κ3) is 2.55. The van der Waals surface area contributed by atoms with E-state index in [1.165, 1.54) is 4.90 Å². The average molecular weight is 280 g/mol. The van der Waals surface area contributed by atoms with Gasteiger partial charge in [-0.05, 0) is 5.92 Å². The van der Waals surface area contributed by atoms with Gasteiger partial charge >= 0.3 is 6.18 Å². The monoisotopic (exact) mass is 279 g/mol. The number of amides is 1. The molecule has 18 heavy (non-hydrogen) atoms. The Morgan fingerprint density at radius 2 is 2.17 bits per heavy atom. The van der Waals surface area contributed by atoms with Gasteiger partial charge in [0, 0.05) is 24.9 Å². The van der Waals surface area contributed by atoms with Crippen molar-refractivity contribution in [3.63, 3.8) is 0 Å². The van der Waals surface area contributed by atoms with Crippen LogP contribution < -0.4 is 4.90 Å². The molecule has 2 heterocycles. The predicted octanol–water partition coefficient (Wildman–Crippen LogP) is 2.09. The van der Waals surface area contributed by atoms with E-state index in [2.05, 4.69) is 9.97 Å². The molecule has 1 amide bonds. The van der Waals surface area contributed by atoms with Crippen molar-refractivity contribution in [2.45, 2.75) is 12.6 Å². The molecular formula is C10H9ClF3N3O. The van der Waals surface area contributed by atoms with Crippen LogP contribution in [-0.4, -0.2) is 28.3 Å². The van der Waals surface area contributed by atoms with Crippen molar-refractivity contribution in [1.82, 2.24) is 9.97 Å². The van der Waals surface area contributed by atoms with Crippen LogP contribution in [0.1, 0.15) is 12.1 Å². The number of alkyl halides is 4. The zero-order chi connectivity index (χ0) is 13.3. The average Bonchev–Trinajstić information content (AvgIpc) is 2.70. The van der Waals surface area contributed by atoms with Gasteiger partial charge in [0.25, 0.3) is 0 Å². The van der Waals surface area contributed by atoms with Crippen LogP contribution in [0.25, 0.3) is 0 Å². The number of rotatable bonds is 2. The molecule has 1 atom stereocenters. The molecule has 0 spiro atoms. The number of aromatic nitrogens is 2. The SMILES string of the molecule is O=C1CC(CCl)CN1c1cc(C(F)(F)F)ncn1. The van der Waals surface area contributed by atoms with Crippen LogP contribution in [0, 0.1) is 5.92 Å². The Kier molecular flexibility index (Phi) is 3.43. The fraction of sp³-hybridized carbons (Fsp3) is 0.500. The molecule has 0 bridgehead atoms. The second kappa shape index (κ2) is 4.72.